The minimum Gasteiger partial charge on any atom is -0.456 e. The Morgan fingerprint density at radius 2 is 2.03 bits per heavy atom. The normalized spacial score (nSPS) is 16.2. The van der Waals surface area contributed by atoms with Crippen molar-refractivity contribution < 1.29 is 17.6 Å². The number of carbonyl (C=O) groups excluding carboxylic acids is 1. The topological polar surface area (TPSA) is 92.5 Å². The third-order valence-electron chi connectivity index (χ3n) is 4.28. The average Bonchev–Trinajstić information content (AvgIpc) is 3.23. The lowest BCUT2D eigenvalue weighted by Crippen LogP contribution is -2.22. The minimum absolute atomic E-state index is 0.179. The zero-order valence-electron chi connectivity index (χ0n) is 15.4. The Morgan fingerprint density at radius 1 is 1.24 bits per heavy atom. The van der Waals surface area contributed by atoms with Gasteiger partial charge in [0, 0.05) is 43.5 Å². The van der Waals surface area contributed by atoms with Crippen molar-refractivity contribution in [2.75, 3.05) is 14.1 Å². The van der Waals surface area contributed by atoms with Crippen LogP contribution in [0.2, 0.25) is 0 Å². The molecular weight excluding hydrogens is 430 g/mol. The molecule has 148 valence electrons. The first-order valence-corrected chi connectivity index (χ1v) is 11.1. The van der Waals surface area contributed by atoms with Gasteiger partial charge in [-0.1, -0.05) is 36.1 Å². The number of fused-ring (bicyclic) bond motifs is 1. The summed E-state index contributed by atoms with van der Waals surface area (Å²) in [5.41, 5.74) is 1.87. The number of hydrogen-bond acceptors (Lipinski definition) is 7. The van der Waals surface area contributed by atoms with Gasteiger partial charge in [-0.25, -0.2) is 12.7 Å². The molecule has 0 atom stereocenters. The number of carbonyl (C=O) groups is 1. The van der Waals surface area contributed by atoms with Crippen LogP contribution in [0.15, 0.2) is 56.9 Å². The monoisotopic (exact) mass is 445 g/mol. The summed E-state index contributed by atoms with van der Waals surface area (Å²) in [5, 5.41) is 3.30. The van der Waals surface area contributed by atoms with Gasteiger partial charge >= 0.3 is 0 Å². The summed E-state index contributed by atoms with van der Waals surface area (Å²) < 4.78 is 32.4. The summed E-state index contributed by atoms with van der Waals surface area (Å²) in [7, 11) is -0.598. The van der Waals surface area contributed by atoms with Crippen LogP contribution in [0.3, 0.4) is 0 Å². The van der Waals surface area contributed by atoms with Gasteiger partial charge in [-0.3, -0.25) is 9.78 Å². The van der Waals surface area contributed by atoms with Crippen LogP contribution in [0.5, 0.6) is 0 Å². The van der Waals surface area contributed by atoms with Crippen molar-refractivity contribution in [2.45, 2.75) is 4.90 Å². The molecule has 0 radical (unpaired) electrons. The van der Waals surface area contributed by atoms with Gasteiger partial charge in [-0.15, -0.1) is 0 Å². The zero-order chi connectivity index (χ0) is 20.8. The van der Waals surface area contributed by atoms with Gasteiger partial charge in [0.25, 0.3) is 5.91 Å². The molecule has 0 unspecified atom stereocenters. The van der Waals surface area contributed by atoms with E-state index in [1.54, 1.807) is 48.8 Å². The van der Waals surface area contributed by atoms with Crippen molar-refractivity contribution in [3.8, 4) is 11.1 Å². The van der Waals surface area contributed by atoms with Crippen molar-refractivity contribution in [2.24, 2.45) is 0 Å². The lowest BCUT2D eigenvalue weighted by atomic mass is 10.1. The second-order valence-corrected chi connectivity index (χ2v) is 10.3. The van der Waals surface area contributed by atoms with Crippen molar-refractivity contribution in [3.63, 3.8) is 0 Å². The molecule has 10 heteroatoms. The van der Waals surface area contributed by atoms with Gasteiger partial charge in [0.2, 0.25) is 10.0 Å². The molecule has 1 saturated heterocycles. The largest absolute Gasteiger partial charge is 0.456 e. The van der Waals surface area contributed by atoms with Crippen LogP contribution in [0, 0.1) is 0 Å². The number of benzene rings is 1. The van der Waals surface area contributed by atoms with Crippen LogP contribution in [0.4, 0.5) is 0 Å². The zero-order valence-corrected chi connectivity index (χ0v) is 17.8. The van der Waals surface area contributed by atoms with E-state index < -0.39 is 10.0 Å². The minimum atomic E-state index is -3.57. The van der Waals surface area contributed by atoms with Crippen molar-refractivity contribution in [1.29, 1.82) is 0 Å². The van der Waals surface area contributed by atoms with Gasteiger partial charge < -0.3 is 9.73 Å². The molecule has 3 heterocycles. The summed E-state index contributed by atoms with van der Waals surface area (Å²) in [6, 6.07) is 8.38. The number of pyridine rings is 1. The maximum Gasteiger partial charge on any atom is 0.263 e. The van der Waals surface area contributed by atoms with Crippen LogP contribution >= 0.6 is 24.0 Å². The van der Waals surface area contributed by atoms with E-state index in [-0.39, 0.29) is 10.8 Å². The Bertz CT molecular complexity index is 1290. The second kappa shape index (κ2) is 7.38. The Labute approximate surface area is 176 Å². The fourth-order valence-electron chi connectivity index (χ4n) is 2.84. The summed E-state index contributed by atoms with van der Waals surface area (Å²) in [6.07, 6.45) is 4.89. The van der Waals surface area contributed by atoms with E-state index in [0.717, 1.165) is 9.69 Å². The standard InChI is InChI=1S/C19H15N3O4S3/c1-22(2)29(24,25)14-5-3-4-11(7-14)15-10-20-9-12-6-13(26-17(12)15)8-16-18(23)21-19(27)28-16/h3-10H,1-2H3,(H,21,23,27). The van der Waals surface area contributed by atoms with Crippen LogP contribution in [0.25, 0.3) is 28.2 Å². The molecule has 4 rings (SSSR count). The number of hydrogen-bond donors (Lipinski definition) is 1. The third kappa shape index (κ3) is 3.71. The molecule has 1 aliphatic heterocycles. The maximum atomic E-state index is 12.5. The Balaban J connectivity index is 1.80. The molecule has 3 aromatic rings. The smallest absolute Gasteiger partial charge is 0.263 e. The molecule has 0 aliphatic carbocycles. The Hall–Kier alpha value is -2.53. The molecule has 29 heavy (non-hydrogen) atoms. The molecular formula is C19H15N3O4S3. The highest BCUT2D eigenvalue weighted by atomic mass is 32.2. The van der Waals surface area contributed by atoms with E-state index in [2.05, 4.69) is 10.3 Å². The highest BCUT2D eigenvalue weighted by Crippen LogP contribution is 2.33. The van der Waals surface area contributed by atoms with Crippen molar-refractivity contribution in [1.82, 2.24) is 14.6 Å². The second-order valence-electron chi connectivity index (χ2n) is 6.42. The predicted molar refractivity (Wildman–Crippen MR) is 117 cm³/mol. The molecule has 1 amide bonds. The third-order valence-corrected chi connectivity index (χ3v) is 7.25. The van der Waals surface area contributed by atoms with Crippen molar-refractivity contribution >= 4 is 61.3 Å². The lowest BCUT2D eigenvalue weighted by molar-refractivity contribution is -0.115. The van der Waals surface area contributed by atoms with E-state index in [4.69, 9.17) is 16.6 Å². The molecule has 1 N–H and O–H groups in total. The number of thiocarbonyl (C=S) groups is 1. The number of amides is 1. The summed E-state index contributed by atoms with van der Waals surface area (Å²) in [4.78, 5) is 16.7. The SMILES string of the molecule is CN(C)S(=O)(=O)c1cccc(-c2cncc3cc(C=C4SC(=S)NC4=O)oc23)c1. The number of rotatable bonds is 4. The van der Waals surface area contributed by atoms with Crippen LogP contribution in [-0.4, -0.2) is 42.0 Å². The number of aromatic nitrogens is 1. The van der Waals surface area contributed by atoms with Gasteiger partial charge in [0.1, 0.15) is 15.7 Å². The number of thioether (sulfide) groups is 1. The first-order chi connectivity index (χ1) is 13.8. The van der Waals surface area contributed by atoms with Gasteiger partial charge in [-0.2, -0.15) is 0 Å². The Kier molecular flexibility index (Phi) is 5.03. The number of sulfonamides is 1. The number of furan rings is 1. The Morgan fingerprint density at radius 3 is 2.72 bits per heavy atom. The van der Waals surface area contributed by atoms with Crippen LogP contribution in [0.1, 0.15) is 5.76 Å². The highest BCUT2D eigenvalue weighted by Gasteiger charge is 2.23. The first kappa shape index (κ1) is 19.8. The van der Waals surface area contributed by atoms with Crippen LogP contribution < -0.4 is 5.32 Å². The molecule has 1 aliphatic rings. The van der Waals surface area contributed by atoms with Crippen molar-refractivity contribution in [3.05, 3.63) is 53.4 Å². The predicted octanol–water partition coefficient (Wildman–Crippen LogP) is 3.23. The van der Waals surface area contributed by atoms with E-state index in [1.807, 2.05) is 0 Å². The van der Waals surface area contributed by atoms with E-state index in [1.165, 1.54) is 25.9 Å². The van der Waals surface area contributed by atoms with E-state index >= 15 is 0 Å². The van der Waals surface area contributed by atoms with Crippen LogP contribution in [-0.2, 0) is 14.8 Å². The van der Waals surface area contributed by atoms with Gasteiger partial charge in [0.15, 0.2) is 0 Å². The van der Waals surface area contributed by atoms with Gasteiger partial charge in [0.05, 0.1) is 9.80 Å². The summed E-state index contributed by atoms with van der Waals surface area (Å²) >= 11 is 6.17. The quantitative estimate of drug-likeness (QED) is 0.487. The van der Waals surface area contributed by atoms with E-state index in [0.29, 0.717) is 31.7 Å². The molecule has 2 aromatic heterocycles. The molecule has 7 nitrogen and oxygen atoms in total. The average molecular weight is 446 g/mol. The fourth-order valence-corrected chi connectivity index (χ4v) is 4.82. The number of nitrogens with one attached hydrogen (secondary N) is 1. The number of nitrogens with zero attached hydrogens (tertiary/aromatic N) is 2. The summed E-state index contributed by atoms with van der Waals surface area (Å²) in [5.74, 6) is 0.217. The van der Waals surface area contributed by atoms with E-state index in [9.17, 15) is 13.2 Å². The molecule has 1 aromatic carbocycles. The highest BCUT2D eigenvalue weighted by molar-refractivity contribution is 8.26. The molecule has 0 spiro atoms. The summed E-state index contributed by atoms with van der Waals surface area (Å²) in [6.45, 7) is 0. The molecule has 0 saturated carbocycles. The fraction of sp³-hybridized carbons (Fsp3) is 0.105. The first-order valence-electron chi connectivity index (χ1n) is 8.41. The molecule has 1 fully saturated rings. The van der Waals surface area contributed by atoms with Gasteiger partial charge in [-0.05, 0) is 23.8 Å². The maximum absolute atomic E-state index is 12.5. The lowest BCUT2D eigenvalue weighted by Gasteiger charge is -2.12. The molecule has 0 bridgehead atoms.